The van der Waals surface area contributed by atoms with Gasteiger partial charge in [0.1, 0.15) is 16.5 Å². The molecule has 0 radical (unpaired) electrons. The Morgan fingerprint density at radius 2 is 2.00 bits per heavy atom. The van der Waals surface area contributed by atoms with Crippen LogP contribution >= 0.6 is 11.3 Å². The number of para-hydroxylation sites is 1. The predicted octanol–water partition coefficient (Wildman–Crippen LogP) is 4.54. The van der Waals surface area contributed by atoms with E-state index >= 15 is 0 Å². The van der Waals surface area contributed by atoms with E-state index in [0.717, 1.165) is 36.6 Å². The molecular weight excluding hydrogens is 410 g/mol. The molecule has 8 nitrogen and oxygen atoms in total. The average molecular weight is 434 g/mol. The number of rotatable bonds is 9. The molecule has 1 amide bonds. The van der Waals surface area contributed by atoms with E-state index in [2.05, 4.69) is 30.9 Å². The number of pyridine rings is 1. The third-order valence-electron chi connectivity index (χ3n) is 4.57. The number of thiazole rings is 1. The Kier molecular flexibility index (Phi) is 6.53. The van der Waals surface area contributed by atoms with Gasteiger partial charge in [-0.05, 0) is 37.1 Å². The summed E-state index contributed by atoms with van der Waals surface area (Å²) in [5.41, 5.74) is 1.81. The van der Waals surface area contributed by atoms with Crippen LogP contribution in [0.5, 0.6) is 0 Å². The lowest BCUT2D eigenvalue weighted by molar-refractivity contribution is 0.103. The van der Waals surface area contributed by atoms with Crippen LogP contribution in [0.25, 0.3) is 0 Å². The van der Waals surface area contributed by atoms with Crippen molar-refractivity contribution in [3.8, 4) is 0 Å². The highest BCUT2D eigenvalue weighted by Crippen LogP contribution is 2.24. The molecule has 0 aliphatic rings. The molecule has 4 aromatic rings. The zero-order valence-electron chi connectivity index (χ0n) is 17.1. The molecule has 0 aliphatic heterocycles. The number of aryl methyl sites for hydroxylation is 2. The summed E-state index contributed by atoms with van der Waals surface area (Å²) in [6, 6.07) is 13.4. The Morgan fingerprint density at radius 1 is 1.13 bits per heavy atom. The molecule has 0 atom stereocenters. The molecule has 0 bridgehead atoms. The molecule has 0 fully saturated rings. The topological polar surface area (TPSA) is 96.8 Å². The molecule has 3 aromatic heterocycles. The van der Waals surface area contributed by atoms with Gasteiger partial charge >= 0.3 is 0 Å². The van der Waals surface area contributed by atoms with Gasteiger partial charge in [-0.2, -0.15) is 0 Å². The van der Waals surface area contributed by atoms with Crippen molar-refractivity contribution in [1.82, 2.24) is 19.5 Å². The van der Waals surface area contributed by atoms with E-state index in [9.17, 15) is 4.79 Å². The summed E-state index contributed by atoms with van der Waals surface area (Å²) in [6.07, 6.45) is 8.07. The van der Waals surface area contributed by atoms with Crippen LogP contribution < -0.4 is 16.0 Å². The van der Waals surface area contributed by atoms with Crippen LogP contribution in [0.1, 0.15) is 21.7 Å². The molecule has 9 heteroatoms. The van der Waals surface area contributed by atoms with Crippen molar-refractivity contribution in [2.75, 3.05) is 22.5 Å². The van der Waals surface area contributed by atoms with Crippen LogP contribution in [0.2, 0.25) is 0 Å². The molecule has 158 valence electrons. The van der Waals surface area contributed by atoms with Crippen LogP contribution in [-0.2, 0) is 6.54 Å². The number of amides is 1. The predicted molar refractivity (Wildman–Crippen MR) is 124 cm³/mol. The van der Waals surface area contributed by atoms with Gasteiger partial charge in [0.25, 0.3) is 5.91 Å². The molecule has 3 heterocycles. The molecular formula is C22H23N7OS. The van der Waals surface area contributed by atoms with E-state index in [-0.39, 0.29) is 5.91 Å². The standard InChI is InChI=1S/C22H23N7OS/c1-16-6-2-3-7-17(16)26-21(30)18-14-25-22(31-18)28-20-9-4-8-19(27-20)24-10-5-12-29-13-11-23-15-29/h2-4,6-9,11,13-15H,5,10,12H2,1H3,(H,26,30)(H2,24,25,27,28). The van der Waals surface area contributed by atoms with Crippen molar-refractivity contribution in [3.05, 3.63) is 77.8 Å². The van der Waals surface area contributed by atoms with Crippen LogP contribution in [0.15, 0.2) is 67.4 Å². The van der Waals surface area contributed by atoms with Gasteiger partial charge in [0.05, 0.1) is 12.5 Å². The summed E-state index contributed by atoms with van der Waals surface area (Å²) >= 11 is 1.28. The molecule has 0 unspecified atom stereocenters. The van der Waals surface area contributed by atoms with Crippen molar-refractivity contribution >= 4 is 39.7 Å². The number of aromatic nitrogens is 4. The van der Waals surface area contributed by atoms with E-state index in [1.165, 1.54) is 11.3 Å². The van der Waals surface area contributed by atoms with Gasteiger partial charge in [0, 0.05) is 31.2 Å². The Hall–Kier alpha value is -3.72. The third-order valence-corrected chi connectivity index (χ3v) is 5.48. The molecule has 3 N–H and O–H groups in total. The molecule has 1 aromatic carbocycles. The van der Waals surface area contributed by atoms with E-state index in [0.29, 0.717) is 15.8 Å². The van der Waals surface area contributed by atoms with E-state index in [1.54, 1.807) is 12.4 Å². The van der Waals surface area contributed by atoms with E-state index < -0.39 is 0 Å². The lowest BCUT2D eigenvalue weighted by Crippen LogP contribution is -2.10. The molecule has 0 aliphatic carbocycles. The van der Waals surface area contributed by atoms with Crippen LogP contribution in [0.3, 0.4) is 0 Å². The molecule has 0 saturated heterocycles. The summed E-state index contributed by atoms with van der Waals surface area (Å²) in [7, 11) is 0. The number of hydrogen-bond acceptors (Lipinski definition) is 7. The Labute approximate surface area is 184 Å². The Morgan fingerprint density at radius 3 is 2.84 bits per heavy atom. The van der Waals surface area contributed by atoms with Crippen molar-refractivity contribution in [1.29, 1.82) is 0 Å². The fourth-order valence-corrected chi connectivity index (χ4v) is 3.66. The number of carbonyl (C=O) groups is 1. The second-order valence-corrected chi connectivity index (χ2v) is 7.94. The van der Waals surface area contributed by atoms with Gasteiger partial charge in [-0.25, -0.2) is 15.0 Å². The number of benzene rings is 1. The van der Waals surface area contributed by atoms with Gasteiger partial charge < -0.3 is 20.5 Å². The van der Waals surface area contributed by atoms with Gasteiger partial charge in [-0.1, -0.05) is 35.6 Å². The summed E-state index contributed by atoms with van der Waals surface area (Å²) in [5.74, 6) is 1.27. The second-order valence-electron chi connectivity index (χ2n) is 6.91. The zero-order valence-corrected chi connectivity index (χ0v) is 17.9. The summed E-state index contributed by atoms with van der Waals surface area (Å²) in [4.78, 5) is 26.0. The Balaban J connectivity index is 1.31. The lowest BCUT2D eigenvalue weighted by atomic mass is 10.2. The van der Waals surface area contributed by atoms with Crippen LogP contribution in [0.4, 0.5) is 22.5 Å². The minimum Gasteiger partial charge on any atom is -0.370 e. The first-order chi connectivity index (χ1) is 15.2. The molecule has 0 spiro atoms. The highest BCUT2D eigenvalue weighted by molar-refractivity contribution is 7.17. The van der Waals surface area contributed by atoms with Crippen molar-refractivity contribution in [3.63, 3.8) is 0 Å². The molecule has 31 heavy (non-hydrogen) atoms. The normalized spacial score (nSPS) is 10.6. The third kappa shape index (κ3) is 5.67. The quantitative estimate of drug-likeness (QED) is 0.335. The van der Waals surface area contributed by atoms with Gasteiger partial charge in [-0.3, -0.25) is 4.79 Å². The zero-order chi connectivity index (χ0) is 21.5. The number of anilines is 4. The number of carbonyl (C=O) groups excluding carboxylic acids is 1. The van der Waals surface area contributed by atoms with Crippen molar-refractivity contribution in [2.24, 2.45) is 0 Å². The van der Waals surface area contributed by atoms with Gasteiger partial charge in [0.2, 0.25) is 0 Å². The first-order valence-electron chi connectivity index (χ1n) is 9.94. The maximum Gasteiger partial charge on any atom is 0.267 e. The minimum atomic E-state index is -0.180. The second kappa shape index (κ2) is 9.86. The first-order valence-corrected chi connectivity index (χ1v) is 10.8. The number of hydrogen-bond donors (Lipinski definition) is 3. The maximum atomic E-state index is 12.5. The summed E-state index contributed by atoms with van der Waals surface area (Å²) in [6.45, 7) is 3.66. The first kappa shape index (κ1) is 20.5. The van der Waals surface area contributed by atoms with E-state index in [4.69, 9.17) is 0 Å². The molecule has 0 saturated carbocycles. The summed E-state index contributed by atoms with van der Waals surface area (Å²) < 4.78 is 2.04. The maximum absolute atomic E-state index is 12.5. The minimum absolute atomic E-state index is 0.180. The van der Waals surface area contributed by atoms with E-state index in [1.807, 2.05) is 66.5 Å². The largest absolute Gasteiger partial charge is 0.370 e. The van der Waals surface area contributed by atoms with Crippen LogP contribution in [-0.4, -0.2) is 32.0 Å². The summed E-state index contributed by atoms with van der Waals surface area (Å²) in [5, 5.41) is 10.0. The number of nitrogens with zero attached hydrogens (tertiary/aromatic N) is 4. The molecule has 4 rings (SSSR count). The van der Waals surface area contributed by atoms with Crippen molar-refractivity contribution < 1.29 is 4.79 Å². The highest BCUT2D eigenvalue weighted by Gasteiger charge is 2.12. The van der Waals surface area contributed by atoms with Crippen LogP contribution in [0, 0.1) is 6.92 Å². The highest BCUT2D eigenvalue weighted by atomic mass is 32.1. The fraction of sp³-hybridized carbons (Fsp3) is 0.182. The van der Waals surface area contributed by atoms with Gasteiger partial charge in [-0.15, -0.1) is 0 Å². The number of imidazole rings is 1. The SMILES string of the molecule is Cc1ccccc1NC(=O)c1cnc(Nc2cccc(NCCCn3ccnc3)n2)s1. The lowest BCUT2D eigenvalue weighted by Gasteiger charge is -2.08. The smallest absolute Gasteiger partial charge is 0.267 e. The monoisotopic (exact) mass is 433 g/mol. The van der Waals surface area contributed by atoms with Crippen molar-refractivity contribution in [2.45, 2.75) is 19.9 Å². The Bertz CT molecular complexity index is 1140. The average Bonchev–Trinajstić information content (AvgIpc) is 3.45. The fourth-order valence-electron chi connectivity index (χ4n) is 2.94. The number of nitrogens with one attached hydrogen (secondary N) is 3. The van der Waals surface area contributed by atoms with Gasteiger partial charge in [0.15, 0.2) is 5.13 Å².